The predicted octanol–water partition coefficient (Wildman–Crippen LogP) is 13.8. The topological polar surface area (TPSA) is 32.8 Å². The van der Waals surface area contributed by atoms with Gasteiger partial charge in [-0.2, -0.15) is 0 Å². The fourth-order valence-electron chi connectivity index (χ4n) is 10.1. The molecule has 4 nitrogen and oxygen atoms in total. The van der Waals surface area contributed by atoms with Crippen LogP contribution in [-0.2, 0) is 10.8 Å². The first-order valence-corrected chi connectivity index (χ1v) is 21.5. The van der Waals surface area contributed by atoms with E-state index in [1.165, 1.54) is 61.4 Å². The Kier molecular flexibility index (Phi) is 7.52. The normalized spacial score (nSPS) is 13.6. The Morgan fingerprint density at radius 3 is 1.49 bits per heavy atom. The number of fused-ring (bicyclic) bond motifs is 10. The van der Waals surface area contributed by atoms with Gasteiger partial charge in [0.15, 0.2) is 0 Å². The summed E-state index contributed by atoms with van der Waals surface area (Å²) in [6.07, 6.45) is 0. The molecule has 0 radical (unpaired) electrons. The summed E-state index contributed by atoms with van der Waals surface area (Å²) in [7, 11) is 0. The third-order valence-corrected chi connectivity index (χ3v) is 13.2. The van der Waals surface area contributed by atoms with E-state index in [0.29, 0.717) is 0 Å². The Morgan fingerprint density at radius 2 is 0.902 bits per heavy atom. The van der Waals surface area contributed by atoms with E-state index in [0.717, 1.165) is 55.3 Å². The van der Waals surface area contributed by atoms with Crippen molar-refractivity contribution in [3.63, 3.8) is 0 Å². The van der Waals surface area contributed by atoms with Gasteiger partial charge in [0.2, 0.25) is 0 Å². The molecular formula is C56H45BN2O2. The smallest absolute Gasteiger partial charge is 0.252 e. The number of hydrogen-bond donors (Lipinski definition) is 0. The molecule has 0 fully saturated rings. The summed E-state index contributed by atoms with van der Waals surface area (Å²) in [4.78, 5) is 5.11. The van der Waals surface area contributed by atoms with Crippen LogP contribution in [-0.4, -0.2) is 6.71 Å². The van der Waals surface area contributed by atoms with E-state index < -0.39 is 0 Å². The van der Waals surface area contributed by atoms with Crippen LogP contribution in [0.3, 0.4) is 0 Å². The lowest BCUT2D eigenvalue weighted by Gasteiger charge is -2.45. The second-order valence-corrected chi connectivity index (χ2v) is 18.9. The highest BCUT2D eigenvalue weighted by molar-refractivity contribution is 7.00. The highest BCUT2D eigenvalue weighted by Crippen LogP contribution is 2.51. The second-order valence-electron chi connectivity index (χ2n) is 18.9. The largest absolute Gasteiger partial charge is 0.456 e. The first kappa shape index (κ1) is 35.9. The zero-order valence-electron chi connectivity index (χ0n) is 35.4. The van der Waals surface area contributed by atoms with Crippen molar-refractivity contribution in [2.24, 2.45) is 0 Å². The molecule has 2 aliphatic rings. The van der Waals surface area contributed by atoms with E-state index in [1.807, 2.05) is 0 Å². The first-order chi connectivity index (χ1) is 29.5. The van der Waals surface area contributed by atoms with Gasteiger partial charge < -0.3 is 18.6 Å². The molecule has 2 aromatic heterocycles. The fourth-order valence-corrected chi connectivity index (χ4v) is 10.1. The SMILES string of the molecule is CC(C)(C)c1ccc2c(c1)N(c1cccc3oc4ccccc4c13)c1cc(C(C)(C)C)cc3c1B2c1cc(-c2ccccc2)ccc1N3c1cccc2oc3ccccc3c12. The Hall–Kier alpha value is -6.98. The molecular weight excluding hydrogens is 743 g/mol. The van der Waals surface area contributed by atoms with Gasteiger partial charge in [0.1, 0.15) is 22.3 Å². The molecule has 0 atom stereocenters. The molecule has 0 spiro atoms. The van der Waals surface area contributed by atoms with E-state index in [9.17, 15) is 0 Å². The van der Waals surface area contributed by atoms with E-state index in [-0.39, 0.29) is 17.5 Å². The van der Waals surface area contributed by atoms with Crippen LogP contribution in [0.15, 0.2) is 173 Å². The summed E-state index contributed by atoms with van der Waals surface area (Å²) in [5, 5.41) is 4.45. The van der Waals surface area contributed by atoms with Crippen molar-refractivity contribution in [1.82, 2.24) is 0 Å². The molecule has 0 bridgehead atoms. The molecule has 12 rings (SSSR count). The van der Waals surface area contributed by atoms with E-state index >= 15 is 0 Å². The monoisotopic (exact) mass is 788 g/mol. The van der Waals surface area contributed by atoms with Crippen LogP contribution in [0.1, 0.15) is 52.7 Å². The predicted molar refractivity (Wildman–Crippen MR) is 258 cm³/mol. The average molecular weight is 789 g/mol. The third kappa shape index (κ3) is 5.32. The molecule has 0 saturated carbocycles. The minimum absolute atomic E-state index is 0.0465. The Morgan fingerprint density at radius 1 is 0.377 bits per heavy atom. The van der Waals surface area contributed by atoms with Crippen LogP contribution in [0.5, 0.6) is 0 Å². The lowest BCUT2D eigenvalue weighted by atomic mass is 9.33. The molecule has 0 aliphatic carbocycles. The minimum atomic E-state index is -0.161. The summed E-state index contributed by atoms with van der Waals surface area (Å²) in [6, 6.07) is 60.1. The number of benzene rings is 8. The molecule has 2 aliphatic heterocycles. The van der Waals surface area contributed by atoms with Gasteiger partial charge in [0, 0.05) is 33.5 Å². The number of hydrogen-bond acceptors (Lipinski definition) is 4. The van der Waals surface area contributed by atoms with Crippen LogP contribution >= 0.6 is 0 Å². The molecule has 0 unspecified atom stereocenters. The summed E-state index contributed by atoms with van der Waals surface area (Å²) in [5.41, 5.74) is 19.1. The van der Waals surface area contributed by atoms with Crippen molar-refractivity contribution in [1.29, 1.82) is 0 Å². The molecule has 0 amide bonds. The molecule has 8 aromatic carbocycles. The van der Waals surface area contributed by atoms with Crippen molar-refractivity contribution >= 4 is 101 Å². The van der Waals surface area contributed by atoms with Gasteiger partial charge in [-0.3, -0.25) is 0 Å². The highest BCUT2D eigenvalue weighted by Gasteiger charge is 2.45. The van der Waals surface area contributed by atoms with Crippen molar-refractivity contribution in [3.05, 3.63) is 175 Å². The van der Waals surface area contributed by atoms with Crippen molar-refractivity contribution in [2.75, 3.05) is 9.80 Å². The van der Waals surface area contributed by atoms with Crippen LogP contribution in [0.2, 0.25) is 0 Å². The molecule has 5 heteroatoms. The standard InChI is InChI=1S/C56H45BN2O2/c1-55(2,3)36-27-28-40-45(31-36)59(44-21-15-25-51-53(44)39-19-11-13-23-49(39)61-51)47-33-37(56(4,5)6)32-46-54(47)57(40)41-30-35(34-16-8-7-9-17-34)26-29-42(41)58(46)43-20-14-24-50-52(43)38-18-10-12-22-48(38)60-50/h7-33H,1-6H3. The van der Waals surface area contributed by atoms with Gasteiger partial charge >= 0.3 is 0 Å². The Labute approximate surface area is 356 Å². The number of nitrogens with zero attached hydrogens (tertiary/aromatic N) is 2. The van der Waals surface area contributed by atoms with E-state index in [4.69, 9.17) is 8.83 Å². The molecule has 61 heavy (non-hydrogen) atoms. The minimum Gasteiger partial charge on any atom is -0.456 e. The molecule has 10 aromatic rings. The van der Waals surface area contributed by atoms with Gasteiger partial charge in [-0.1, -0.05) is 145 Å². The summed E-state index contributed by atoms with van der Waals surface area (Å²) < 4.78 is 13.2. The number of para-hydroxylation sites is 2. The summed E-state index contributed by atoms with van der Waals surface area (Å²) in [6.45, 7) is 13.9. The van der Waals surface area contributed by atoms with Crippen LogP contribution < -0.4 is 26.2 Å². The maximum absolute atomic E-state index is 6.59. The summed E-state index contributed by atoms with van der Waals surface area (Å²) in [5.74, 6) is 0. The van der Waals surface area contributed by atoms with Gasteiger partial charge in [-0.15, -0.1) is 0 Å². The van der Waals surface area contributed by atoms with Gasteiger partial charge in [-0.05, 0) is 110 Å². The summed E-state index contributed by atoms with van der Waals surface area (Å²) >= 11 is 0. The van der Waals surface area contributed by atoms with E-state index in [1.54, 1.807) is 0 Å². The maximum Gasteiger partial charge on any atom is 0.252 e. The van der Waals surface area contributed by atoms with Crippen molar-refractivity contribution < 1.29 is 8.83 Å². The van der Waals surface area contributed by atoms with Gasteiger partial charge in [-0.25, -0.2) is 0 Å². The number of rotatable bonds is 3. The molecule has 4 heterocycles. The van der Waals surface area contributed by atoms with E-state index in [2.05, 4.69) is 215 Å². The van der Waals surface area contributed by atoms with Gasteiger partial charge in [0.25, 0.3) is 6.71 Å². The Balaban J connectivity index is 1.25. The van der Waals surface area contributed by atoms with Crippen molar-refractivity contribution in [3.8, 4) is 11.1 Å². The zero-order valence-corrected chi connectivity index (χ0v) is 35.4. The highest BCUT2D eigenvalue weighted by atomic mass is 16.3. The molecule has 294 valence electrons. The molecule has 0 N–H and O–H groups in total. The quantitative estimate of drug-likeness (QED) is 0.167. The first-order valence-electron chi connectivity index (χ1n) is 21.5. The number of anilines is 6. The van der Waals surface area contributed by atoms with Crippen molar-refractivity contribution in [2.45, 2.75) is 52.4 Å². The maximum atomic E-state index is 6.59. The second kappa shape index (κ2) is 12.8. The van der Waals surface area contributed by atoms with Crippen LogP contribution in [0, 0.1) is 0 Å². The van der Waals surface area contributed by atoms with Gasteiger partial charge in [0.05, 0.1) is 22.1 Å². The number of furan rings is 2. The third-order valence-electron chi connectivity index (χ3n) is 13.2. The fraction of sp³-hybridized carbons (Fsp3) is 0.143. The Bertz CT molecular complexity index is 3420. The average Bonchev–Trinajstić information content (AvgIpc) is 3.84. The van der Waals surface area contributed by atoms with Crippen LogP contribution in [0.4, 0.5) is 34.1 Å². The van der Waals surface area contributed by atoms with Crippen LogP contribution in [0.25, 0.3) is 55.0 Å². The zero-order chi connectivity index (χ0) is 41.4. The lowest BCUT2D eigenvalue weighted by molar-refractivity contribution is 0.590. The molecule has 0 saturated heterocycles. The lowest BCUT2D eigenvalue weighted by Crippen LogP contribution is -2.61.